The first-order valence-corrected chi connectivity index (χ1v) is 7.00. The van der Waals surface area contributed by atoms with Crippen molar-refractivity contribution < 1.29 is 9.90 Å². The van der Waals surface area contributed by atoms with Crippen molar-refractivity contribution in [2.75, 3.05) is 18.0 Å². The summed E-state index contributed by atoms with van der Waals surface area (Å²) in [6.45, 7) is 1.40. The van der Waals surface area contributed by atoms with Crippen molar-refractivity contribution in [1.82, 2.24) is 0 Å². The fraction of sp³-hybridized carbons (Fsp3) is 0.308. The van der Waals surface area contributed by atoms with Gasteiger partial charge in [0.25, 0.3) is 0 Å². The lowest BCUT2D eigenvalue weighted by atomic mass is 10.1. The number of halogens is 1. The lowest BCUT2D eigenvalue weighted by molar-refractivity contribution is -0.140. The Morgan fingerprint density at radius 3 is 3.00 bits per heavy atom. The maximum atomic E-state index is 11.0. The minimum absolute atomic E-state index is 0.243. The van der Waals surface area contributed by atoms with E-state index in [1.165, 1.54) is 0 Å². The Morgan fingerprint density at radius 2 is 2.28 bits per heavy atom. The van der Waals surface area contributed by atoms with E-state index in [0.717, 1.165) is 33.1 Å². The van der Waals surface area contributed by atoms with Crippen molar-refractivity contribution in [2.24, 2.45) is 5.92 Å². The summed E-state index contributed by atoms with van der Waals surface area (Å²) >= 11 is 7.54. The van der Waals surface area contributed by atoms with Crippen LogP contribution in [-0.2, 0) is 4.79 Å². The highest BCUT2D eigenvalue weighted by atomic mass is 35.5. The van der Waals surface area contributed by atoms with Crippen molar-refractivity contribution in [3.63, 3.8) is 0 Å². The lowest BCUT2D eigenvalue weighted by Gasteiger charge is -2.17. The molecule has 2 aromatic rings. The van der Waals surface area contributed by atoms with Gasteiger partial charge in [-0.05, 0) is 30.0 Å². The van der Waals surface area contributed by atoms with Gasteiger partial charge in [0, 0.05) is 23.5 Å². The molecule has 94 valence electrons. The van der Waals surface area contributed by atoms with Crippen molar-refractivity contribution in [3.05, 3.63) is 28.6 Å². The summed E-state index contributed by atoms with van der Waals surface area (Å²) in [7, 11) is 0. The second-order valence-corrected chi connectivity index (χ2v) is 6.26. The van der Waals surface area contributed by atoms with Crippen molar-refractivity contribution in [2.45, 2.75) is 6.42 Å². The average molecular weight is 282 g/mol. The van der Waals surface area contributed by atoms with E-state index in [0.29, 0.717) is 6.54 Å². The first-order valence-electron chi connectivity index (χ1n) is 5.80. The molecule has 1 atom stereocenters. The zero-order valence-electron chi connectivity index (χ0n) is 9.60. The Morgan fingerprint density at radius 1 is 1.44 bits per heavy atom. The Bertz CT molecular complexity index is 610. The topological polar surface area (TPSA) is 40.5 Å². The number of carboxylic acid groups (broad SMARTS) is 1. The molecular formula is C13H12ClNO2S. The van der Waals surface area contributed by atoms with E-state index < -0.39 is 5.97 Å². The van der Waals surface area contributed by atoms with Crippen LogP contribution in [0.1, 0.15) is 6.42 Å². The van der Waals surface area contributed by atoms with Crippen LogP contribution in [0.5, 0.6) is 0 Å². The smallest absolute Gasteiger partial charge is 0.308 e. The van der Waals surface area contributed by atoms with Crippen LogP contribution < -0.4 is 4.90 Å². The highest BCUT2D eigenvalue weighted by Gasteiger charge is 2.28. The number of anilines is 1. The third kappa shape index (κ3) is 2.06. The number of hydrogen-bond acceptors (Lipinski definition) is 3. The van der Waals surface area contributed by atoms with Gasteiger partial charge in [-0.25, -0.2) is 0 Å². The van der Waals surface area contributed by atoms with E-state index in [-0.39, 0.29) is 5.92 Å². The molecule has 3 nitrogen and oxygen atoms in total. The molecule has 2 heterocycles. The minimum atomic E-state index is -0.697. The van der Waals surface area contributed by atoms with E-state index in [1.54, 1.807) is 11.3 Å². The molecule has 0 radical (unpaired) electrons. The van der Waals surface area contributed by atoms with Gasteiger partial charge in [-0.3, -0.25) is 4.79 Å². The summed E-state index contributed by atoms with van der Waals surface area (Å²) in [5.74, 6) is -0.939. The number of hydrogen-bond donors (Lipinski definition) is 1. The number of nitrogens with zero attached hydrogens (tertiary/aromatic N) is 1. The van der Waals surface area contributed by atoms with Gasteiger partial charge in [-0.1, -0.05) is 17.7 Å². The average Bonchev–Trinajstić information content (AvgIpc) is 2.91. The van der Waals surface area contributed by atoms with Gasteiger partial charge in [0.1, 0.15) is 0 Å². The fourth-order valence-corrected chi connectivity index (χ4v) is 3.57. The fourth-order valence-electron chi connectivity index (χ4n) is 2.38. The van der Waals surface area contributed by atoms with Crippen LogP contribution >= 0.6 is 22.9 Å². The molecular weight excluding hydrogens is 270 g/mol. The maximum absolute atomic E-state index is 11.0. The second-order valence-electron chi connectivity index (χ2n) is 4.54. The van der Waals surface area contributed by atoms with Crippen LogP contribution in [0.3, 0.4) is 0 Å². The van der Waals surface area contributed by atoms with E-state index in [9.17, 15) is 4.79 Å². The Labute approximate surface area is 114 Å². The van der Waals surface area contributed by atoms with E-state index in [2.05, 4.69) is 11.0 Å². The zero-order valence-corrected chi connectivity index (χ0v) is 11.2. The van der Waals surface area contributed by atoms with E-state index in [4.69, 9.17) is 16.7 Å². The monoisotopic (exact) mass is 281 g/mol. The van der Waals surface area contributed by atoms with E-state index in [1.807, 2.05) is 18.2 Å². The summed E-state index contributed by atoms with van der Waals surface area (Å²) in [4.78, 5) is 13.1. The summed E-state index contributed by atoms with van der Waals surface area (Å²) in [5, 5.41) is 10.2. The summed E-state index contributed by atoms with van der Waals surface area (Å²) in [6.07, 6.45) is 0.721. The molecule has 0 bridgehead atoms. The number of benzene rings is 1. The zero-order chi connectivity index (χ0) is 12.7. The molecule has 0 spiro atoms. The highest BCUT2D eigenvalue weighted by molar-refractivity contribution is 7.22. The van der Waals surface area contributed by atoms with Gasteiger partial charge in [0.15, 0.2) is 0 Å². The van der Waals surface area contributed by atoms with Crippen LogP contribution in [0.2, 0.25) is 4.34 Å². The Hall–Kier alpha value is -1.26. The largest absolute Gasteiger partial charge is 0.481 e. The number of aliphatic carboxylic acids is 1. The van der Waals surface area contributed by atoms with Crippen LogP contribution in [0.15, 0.2) is 24.3 Å². The molecule has 1 aliphatic rings. The molecule has 0 amide bonds. The lowest BCUT2D eigenvalue weighted by Crippen LogP contribution is -2.22. The molecule has 0 saturated carbocycles. The van der Waals surface area contributed by atoms with Crippen LogP contribution in [-0.4, -0.2) is 24.2 Å². The Balaban J connectivity index is 1.88. The first kappa shape index (κ1) is 11.8. The number of carbonyl (C=O) groups is 1. The number of fused-ring (bicyclic) bond motifs is 1. The number of thiophene rings is 1. The minimum Gasteiger partial charge on any atom is -0.481 e. The van der Waals surface area contributed by atoms with Crippen molar-refractivity contribution >= 4 is 44.7 Å². The molecule has 18 heavy (non-hydrogen) atoms. The van der Waals surface area contributed by atoms with E-state index >= 15 is 0 Å². The molecule has 3 rings (SSSR count). The van der Waals surface area contributed by atoms with Gasteiger partial charge in [-0.2, -0.15) is 0 Å². The van der Waals surface area contributed by atoms with Crippen LogP contribution in [0.4, 0.5) is 5.69 Å². The quantitative estimate of drug-likeness (QED) is 0.916. The van der Waals surface area contributed by atoms with Crippen LogP contribution in [0, 0.1) is 5.92 Å². The molecule has 1 aliphatic heterocycles. The van der Waals surface area contributed by atoms with Gasteiger partial charge >= 0.3 is 5.97 Å². The normalized spacial score (nSPS) is 19.6. The molecule has 1 N–H and O–H groups in total. The third-order valence-electron chi connectivity index (χ3n) is 3.38. The number of rotatable bonds is 2. The molecule has 1 unspecified atom stereocenters. The van der Waals surface area contributed by atoms with Gasteiger partial charge in [0.05, 0.1) is 10.3 Å². The molecule has 5 heteroatoms. The Kier molecular flexibility index (Phi) is 2.92. The summed E-state index contributed by atoms with van der Waals surface area (Å²) < 4.78 is 1.93. The predicted molar refractivity (Wildman–Crippen MR) is 74.8 cm³/mol. The molecule has 1 saturated heterocycles. The van der Waals surface area contributed by atoms with Crippen molar-refractivity contribution in [3.8, 4) is 0 Å². The van der Waals surface area contributed by atoms with Gasteiger partial charge < -0.3 is 10.0 Å². The molecule has 1 fully saturated rings. The second kappa shape index (κ2) is 4.44. The SMILES string of the molecule is O=C(O)C1CCN(c2ccc3cc(Cl)sc3c2)C1. The summed E-state index contributed by atoms with van der Waals surface area (Å²) in [6, 6.07) is 8.13. The molecule has 1 aromatic heterocycles. The number of carboxylic acids is 1. The highest BCUT2D eigenvalue weighted by Crippen LogP contribution is 2.33. The molecule has 0 aliphatic carbocycles. The van der Waals surface area contributed by atoms with Gasteiger partial charge in [-0.15, -0.1) is 11.3 Å². The molecule has 1 aromatic carbocycles. The predicted octanol–water partition coefficient (Wildman–Crippen LogP) is 3.47. The summed E-state index contributed by atoms with van der Waals surface area (Å²) in [5.41, 5.74) is 1.09. The first-order chi connectivity index (χ1) is 8.63. The van der Waals surface area contributed by atoms with Crippen LogP contribution in [0.25, 0.3) is 10.1 Å². The van der Waals surface area contributed by atoms with Crippen molar-refractivity contribution in [1.29, 1.82) is 0 Å². The van der Waals surface area contributed by atoms with Gasteiger partial charge in [0.2, 0.25) is 0 Å². The maximum Gasteiger partial charge on any atom is 0.308 e. The third-order valence-corrected chi connectivity index (χ3v) is 4.60. The standard InChI is InChI=1S/C13H12ClNO2S/c14-12-5-8-1-2-10(6-11(8)18-12)15-4-3-9(7-15)13(16)17/h1-2,5-6,9H,3-4,7H2,(H,16,17).